The molecule has 1 aliphatic rings. The molecule has 4 rings (SSSR count). The first-order chi connectivity index (χ1) is 16.3. The van der Waals surface area contributed by atoms with Gasteiger partial charge in [-0.1, -0.05) is 53.5 Å². The summed E-state index contributed by atoms with van der Waals surface area (Å²) < 4.78 is 26.9. The van der Waals surface area contributed by atoms with Crippen molar-refractivity contribution in [2.24, 2.45) is 0 Å². The Morgan fingerprint density at radius 3 is 2.56 bits per heavy atom. The molecule has 1 fully saturated rings. The van der Waals surface area contributed by atoms with Crippen molar-refractivity contribution in [3.63, 3.8) is 0 Å². The van der Waals surface area contributed by atoms with Crippen LogP contribution in [0.15, 0.2) is 66.3 Å². The van der Waals surface area contributed by atoms with Crippen molar-refractivity contribution in [2.75, 3.05) is 18.8 Å². The summed E-state index contributed by atoms with van der Waals surface area (Å²) in [5.74, 6) is 0.210. The van der Waals surface area contributed by atoms with Crippen molar-refractivity contribution in [1.29, 1.82) is 0 Å². The Morgan fingerprint density at radius 1 is 1.09 bits per heavy atom. The first-order valence-electron chi connectivity index (χ1n) is 11.0. The van der Waals surface area contributed by atoms with Gasteiger partial charge >= 0.3 is 0 Å². The minimum atomic E-state index is -3.65. The van der Waals surface area contributed by atoms with Crippen LogP contribution in [0.5, 0.6) is 0 Å². The first-order valence-corrected chi connectivity index (χ1v) is 13.5. The van der Waals surface area contributed by atoms with Crippen LogP contribution in [0.25, 0.3) is 6.08 Å². The highest BCUT2D eigenvalue weighted by Crippen LogP contribution is 2.29. The van der Waals surface area contributed by atoms with Gasteiger partial charge in [0, 0.05) is 46.9 Å². The molecule has 2 heterocycles. The third-order valence-electron chi connectivity index (χ3n) is 5.90. The van der Waals surface area contributed by atoms with Crippen LogP contribution >= 0.6 is 23.2 Å². The molecule has 2 aromatic carbocycles. The number of likely N-dealkylation sites (tertiary alicyclic amines) is 1. The van der Waals surface area contributed by atoms with E-state index in [1.165, 1.54) is 6.08 Å². The number of halogens is 2. The molecule has 1 aliphatic heterocycles. The van der Waals surface area contributed by atoms with Gasteiger partial charge in [-0.3, -0.25) is 4.79 Å². The molecule has 34 heavy (non-hydrogen) atoms. The Labute approximate surface area is 209 Å². The molecule has 0 spiro atoms. The second-order valence-electron chi connectivity index (χ2n) is 8.32. The third-order valence-corrected chi connectivity index (χ3v) is 7.70. The molecule has 0 saturated carbocycles. The number of aromatic nitrogens is 2. The maximum atomic E-state index is 12.7. The van der Waals surface area contributed by atoms with E-state index in [2.05, 4.69) is 9.55 Å². The van der Waals surface area contributed by atoms with Crippen molar-refractivity contribution in [3.8, 4) is 0 Å². The number of imidazole rings is 1. The third kappa shape index (κ3) is 6.29. The standard InChI is InChI=1S/C25H25Cl2N3O3S/c26-22-6-7-23(27)21(16-22)17-30-14-11-28-25(30)20-8-12-29(13-9-20)24(31)18-34(32,33)15-10-19-4-2-1-3-5-19/h1-7,10-11,14-16,20H,8-9,12-13,17-18H2. The van der Waals surface area contributed by atoms with Gasteiger partial charge < -0.3 is 9.47 Å². The monoisotopic (exact) mass is 517 g/mol. The molecule has 0 N–H and O–H groups in total. The fourth-order valence-corrected chi connectivity index (χ4v) is 5.47. The molecule has 3 aromatic rings. The summed E-state index contributed by atoms with van der Waals surface area (Å²) >= 11 is 12.4. The zero-order valence-electron chi connectivity index (χ0n) is 18.5. The van der Waals surface area contributed by atoms with E-state index < -0.39 is 15.6 Å². The van der Waals surface area contributed by atoms with E-state index in [0.29, 0.717) is 42.5 Å². The van der Waals surface area contributed by atoms with Crippen LogP contribution in [0.2, 0.25) is 10.0 Å². The summed E-state index contributed by atoms with van der Waals surface area (Å²) in [6.45, 7) is 1.54. The van der Waals surface area contributed by atoms with E-state index in [1.54, 1.807) is 23.2 Å². The van der Waals surface area contributed by atoms with E-state index in [1.807, 2.05) is 42.6 Å². The van der Waals surface area contributed by atoms with Gasteiger partial charge in [0.25, 0.3) is 0 Å². The summed E-state index contributed by atoms with van der Waals surface area (Å²) in [5, 5.41) is 2.39. The van der Waals surface area contributed by atoms with Gasteiger partial charge in [0.2, 0.25) is 5.91 Å². The number of hydrogen-bond acceptors (Lipinski definition) is 4. The number of piperidine rings is 1. The Hall–Kier alpha value is -2.61. The van der Waals surface area contributed by atoms with E-state index in [9.17, 15) is 13.2 Å². The van der Waals surface area contributed by atoms with E-state index in [0.717, 1.165) is 22.4 Å². The maximum absolute atomic E-state index is 12.7. The average Bonchev–Trinajstić information content (AvgIpc) is 3.29. The maximum Gasteiger partial charge on any atom is 0.238 e. The van der Waals surface area contributed by atoms with Gasteiger partial charge in [-0.25, -0.2) is 13.4 Å². The molecule has 1 amide bonds. The van der Waals surface area contributed by atoms with Gasteiger partial charge in [-0.05, 0) is 48.2 Å². The van der Waals surface area contributed by atoms with Gasteiger partial charge in [0.15, 0.2) is 9.84 Å². The van der Waals surface area contributed by atoms with Crippen molar-refractivity contribution in [2.45, 2.75) is 25.3 Å². The number of carbonyl (C=O) groups excluding carboxylic acids is 1. The molecule has 6 nitrogen and oxygen atoms in total. The van der Waals surface area contributed by atoms with Gasteiger partial charge in [0.05, 0.1) is 6.54 Å². The fraction of sp³-hybridized carbons (Fsp3) is 0.280. The normalized spacial score (nSPS) is 15.2. The molecule has 0 radical (unpaired) electrons. The minimum absolute atomic E-state index is 0.173. The van der Waals surface area contributed by atoms with Crippen molar-refractivity contribution in [1.82, 2.24) is 14.5 Å². The average molecular weight is 518 g/mol. The van der Waals surface area contributed by atoms with Crippen LogP contribution in [0.1, 0.15) is 35.7 Å². The predicted octanol–water partition coefficient (Wildman–Crippen LogP) is 5.03. The number of benzene rings is 2. The van der Waals surface area contributed by atoms with Gasteiger partial charge in [-0.15, -0.1) is 0 Å². The summed E-state index contributed by atoms with van der Waals surface area (Å²) in [6.07, 6.45) is 6.62. The summed E-state index contributed by atoms with van der Waals surface area (Å²) in [5.41, 5.74) is 1.68. The zero-order valence-corrected chi connectivity index (χ0v) is 20.8. The molecule has 0 atom stereocenters. The fourth-order valence-electron chi connectivity index (χ4n) is 4.11. The number of hydrogen-bond donors (Lipinski definition) is 0. The lowest BCUT2D eigenvalue weighted by atomic mass is 9.95. The Bertz CT molecular complexity index is 1280. The van der Waals surface area contributed by atoms with E-state index in [-0.39, 0.29) is 11.8 Å². The van der Waals surface area contributed by atoms with Gasteiger partial charge in [0.1, 0.15) is 11.6 Å². The second kappa shape index (κ2) is 10.8. The molecule has 178 valence electrons. The highest BCUT2D eigenvalue weighted by atomic mass is 35.5. The lowest BCUT2D eigenvalue weighted by molar-refractivity contribution is -0.129. The second-order valence-corrected chi connectivity index (χ2v) is 11.1. The molecule has 0 bridgehead atoms. The number of rotatable bonds is 7. The summed E-state index contributed by atoms with van der Waals surface area (Å²) in [7, 11) is -3.65. The molecular formula is C25H25Cl2N3O3S. The zero-order chi connectivity index (χ0) is 24.1. The highest BCUT2D eigenvalue weighted by Gasteiger charge is 2.28. The van der Waals surface area contributed by atoms with Crippen LogP contribution in [-0.4, -0.2) is 47.6 Å². The number of amides is 1. The molecule has 1 aromatic heterocycles. The van der Waals surface area contributed by atoms with Crippen LogP contribution in [-0.2, 0) is 21.2 Å². The molecular weight excluding hydrogens is 493 g/mol. The van der Waals surface area contributed by atoms with Crippen molar-refractivity contribution >= 4 is 45.0 Å². The summed E-state index contributed by atoms with van der Waals surface area (Å²) in [6, 6.07) is 14.5. The van der Waals surface area contributed by atoms with Gasteiger partial charge in [-0.2, -0.15) is 0 Å². The quantitative estimate of drug-likeness (QED) is 0.440. The van der Waals surface area contributed by atoms with E-state index in [4.69, 9.17) is 23.2 Å². The molecule has 0 unspecified atom stereocenters. The van der Waals surface area contributed by atoms with Crippen molar-refractivity contribution < 1.29 is 13.2 Å². The van der Waals surface area contributed by atoms with Crippen LogP contribution in [0, 0.1) is 0 Å². The SMILES string of the molecule is O=C(CS(=O)(=O)C=Cc1ccccc1)N1CCC(c2nccn2Cc2cc(Cl)ccc2Cl)CC1. The number of nitrogens with zero attached hydrogens (tertiary/aromatic N) is 3. The first kappa shape index (κ1) is 24.5. The van der Waals surface area contributed by atoms with E-state index >= 15 is 0 Å². The number of sulfone groups is 1. The van der Waals surface area contributed by atoms with Crippen molar-refractivity contribution in [3.05, 3.63) is 93.3 Å². The molecule has 1 saturated heterocycles. The molecule has 9 heteroatoms. The van der Waals surface area contributed by atoms with Crippen LogP contribution < -0.4 is 0 Å². The summed E-state index contributed by atoms with van der Waals surface area (Å²) in [4.78, 5) is 18.8. The Kier molecular flexibility index (Phi) is 7.76. The lowest BCUT2D eigenvalue weighted by Gasteiger charge is -2.32. The topological polar surface area (TPSA) is 72.3 Å². The smallest absolute Gasteiger partial charge is 0.238 e. The minimum Gasteiger partial charge on any atom is -0.342 e. The molecule has 0 aliphatic carbocycles. The predicted molar refractivity (Wildman–Crippen MR) is 136 cm³/mol. The lowest BCUT2D eigenvalue weighted by Crippen LogP contribution is -2.41. The highest BCUT2D eigenvalue weighted by molar-refractivity contribution is 7.95. The van der Waals surface area contributed by atoms with Crippen LogP contribution in [0.4, 0.5) is 0 Å². The number of carbonyl (C=O) groups is 1. The Morgan fingerprint density at radius 2 is 1.82 bits per heavy atom. The van der Waals surface area contributed by atoms with Crippen LogP contribution in [0.3, 0.4) is 0 Å². The Balaban J connectivity index is 1.35. The largest absolute Gasteiger partial charge is 0.342 e.